The van der Waals surface area contributed by atoms with Gasteiger partial charge in [0.05, 0.1) is 5.69 Å². The second kappa shape index (κ2) is 8.85. The van der Waals surface area contributed by atoms with Crippen molar-refractivity contribution < 1.29 is 9.59 Å². The van der Waals surface area contributed by atoms with Crippen molar-refractivity contribution >= 4 is 34.7 Å². The first-order valence-corrected chi connectivity index (χ1v) is 11.0. The van der Waals surface area contributed by atoms with Gasteiger partial charge in [0.1, 0.15) is 10.8 Å². The molecule has 4 rings (SSSR count). The average molecular weight is 436 g/mol. The minimum atomic E-state index is -0.131. The maximum Gasteiger partial charge on any atom is 0.253 e. The van der Waals surface area contributed by atoms with Gasteiger partial charge in [0.25, 0.3) is 5.91 Å². The third-order valence-electron chi connectivity index (χ3n) is 5.37. The zero-order chi connectivity index (χ0) is 22.0. The van der Waals surface area contributed by atoms with Gasteiger partial charge < -0.3 is 15.1 Å². The molecular formula is C23H25N5O2S. The minimum Gasteiger partial charge on any atom is -0.353 e. The van der Waals surface area contributed by atoms with Gasteiger partial charge >= 0.3 is 0 Å². The molecule has 1 saturated heterocycles. The fourth-order valence-corrected chi connectivity index (χ4v) is 4.42. The Balaban J connectivity index is 1.36. The fraction of sp³-hybridized carbons (Fsp3) is 0.304. The number of piperazine rings is 1. The Morgan fingerprint density at radius 1 is 1.00 bits per heavy atom. The topological polar surface area (TPSA) is 78.4 Å². The molecule has 1 aliphatic rings. The molecule has 0 spiro atoms. The molecule has 0 aliphatic carbocycles. The number of anilines is 2. The number of pyridine rings is 1. The van der Waals surface area contributed by atoms with Crippen LogP contribution in [0.1, 0.15) is 27.9 Å². The predicted octanol–water partition coefficient (Wildman–Crippen LogP) is 3.74. The van der Waals surface area contributed by atoms with Gasteiger partial charge in [-0.3, -0.25) is 9.59 Å². The number of rotatable bonds is 4. The van der Waals surface area contributed by atoms with E-state index in [1.165, 1.54) is 11.8 Å². The van der Waals surface area contributed by atoms with Crippen LogP contribution in [0.25, 0.3) is 10.6 Å². The lowest BCUT2D eigenvalue weighted by Crippen LogP contribution is -2.49. The van der Waals surface area contributed by atoms with Crippen LogP contribution in [0.4, 0.5) is 11.5 Å². The van der Waals surface area contributed by atoms with Crippen molar-refractivity contribution in [1.82, 2.24) is 14.9 Å². The van der Waals surface area contributed by atoms with Crippen LogP contribution < -0.4 is 10.2 Å². The normalized spacial score (nSPS) is 13.9. The highest BCUT2D eigenvalue weighted by Gasteiger charge is 2.23. The number of hydrogen-bond donors (Lipinski definition) is 1. The minimum absolute atomic E-state index is 0.00633. The SMILES string of the molecule is CC(=O)Nc1ccc(C(=O)N2CCN(c3ccc(-c4nc(C)c(C)s4)cn3)CC2)cc1. The van der Waals surface area contributed by atoms with E-state index < -0.39 is 0 Å². The van der Waals surface area contributed by atoms with E-state index in [-0.39, 0.29) is 11.8 Å². The lowest BCUT2D eigenvalue weighted by Gasteiger charge is -2.35. The molecular weight excluding hydrogens is 410 g/mol. The van der Waals surface area contributed by atoms with Crippen LogP contribution in [0.15, 0.2) is 42.6 Å². The van der Waals surface area contributed by atoms with Crippen LogP contribution in [-0.2, 0) is 4.79 Å². The number of amides is 2. The Kier molecular flexibility index (Phi) is 5.99. The van der Waals surface area contributed by atoms with Gasteiger partial charge in [-0.1, -0.05) is 0 Å². The second-order valence-corrected chi connectivity index (χ2v) is 8.81. The Morgan fingerprint density at radius 3 is 2.26 bits per heavy atom. The summed E-state index contributed by atoms with van der Waals surface area (Å²) in [6, 6.07) is 11.1. The number of carbonyl (C=O) groups excluding carboxylic acids is 2. The number of nitrogens with one attached hydrogen (secondary N) is 1. The third-order valence-corrected chi connectivity index (χ3v) is 6.49. The molecule has 0 bridgehead atoms. The standard InChI is InChI=1S/C23H25N5O2S/c1-15-16(2)31-22(25-15)19-6-9-21(24-14-19)27-10-12-28(13-11-27)23(30)18-4-7-20(8-5-18)26-17(3)29/h4-9,14H,10-13H2,1-3H3,(H,26,29). The number of nitrogens with zero attached hydrogens (tertiary/aromatic N) is 4. The van der Waals surface area contributed by atoms with E-state index in [0.29, 0.717) is 24.3 Å². The molecule has 31 heavy (non-hydrogen) atoms. The lowest BCUT2D eigenvalue weighted by molar-refractivity contribution is -0.114. The predicted molar refractivity (Wildman–Crippen MR) is 124 cm³/mol. The van der Waals surface area contributed by atoms with E-state index in [9.17, 15) is 9.59 Å². The van der Waals surface area contributed by atoms with Gasteiger partial charge in [0.2, 0.25) is 5.91 Å². The summed E-state index contributed by atoms with van der Waals surface area (Å²) >= 11 is 1.68. The zero-order valence-electron chi connectivity index (χ0n) is 17.9. The van der Waals surface area contributed by atoms with Gasteiger partial charge in [-0.05, 0) is 50.2 Å². The van der Waals surface area contributed by atoms with Gasteiger partial charge in [-0.15, -0.1) is 11.3 Å². The van der Waals surface area contributed by atoms with Crippen LogP contribution in [0.5, 0.6) is 0 Å². The Hall–Kier alpha value is -3.26. The maximum absolute atomic E-state index is 12.8. The van der Waals surface area contributed by atoms with Crippen molar-refractivity contribution in [3.63, 3.8) is 0 Å². The van der Waals surface area contributed by atoms with Crippen molar-refractivity contribution in [3.05, 3.63) is 58.7 Å². The summed E-state index contributed by atoms with van der Waals surface area (Å²) in [7, 11) is 0. The molecule has 0 saturated carbocycles. The molecule has 1 fully saturated rings. The Labute approximate surface area is 185 Å². The highest BCUT2D eigenvalue weighted by molar-refractivity contribution is 7.15. The monoisotopic (exact) mass is 435 g/mol. The Morgan fingerprint density at radius 2 is 1.71 bits per heavy atom. The van der Waals surface area contributed by atoms with Crippen molar-refractivity contribution in [1.29, 1.82) is 0 Å². The summed E-state index contributed by atoms with van der Waals surface area (Å²) in [5.74, 6) is 0.793. The zero-order valence-corrected chi connectivity index (χ0v) is 18.7. The van der Waals surface area contributed by atoms with Gasteiger partial charge in [0, 0.05) is 61.0 Å². The lowest BCUT2D eigenvalue weighted by atomic mass is 10.1. The molecule has 0 unspecified atom stereocenters. The molecule has 0 atom stereocenters. The second-order valence-electron chi connectivity index (χ2n) is 7.60. The summed E-state index contributed by atoms with van der Waals surface area (Å²) in [6.07, 6.45) is 1.88. The van der Waals surface area contributed by atoms with Gasteiger partial charge in [-0.25, -0.2) is 9.97 Å². The summed E-state index contributed by atoms with van der Waals surface area (Å²) in [6.45, 7) is 8.31. The Bertz CT molecular complexity index is 1060. The van der Waals surface area contributed by atoms with E-state index in [2.05, 4.69) is 33.2 Å². The fourth-order valence-electron chi connectivity index (χ4n) is 3.52. The highest BCUT2D eigenvalue weighted by atomic mass is 32.1. The summed E-state index contributed by atoms with van der Waals surface area (Å²) in [5.41, 5.74) is 3.40. The van der Waals surface area contributed by atoms with E-state index in [4.69, 9.17) is 0 Å². The highest BCUT2D eigenvalue weighted by Crippen LogP contribution is 2.28. The molecule has 1 aliphatic heterocycles. The first-order chi connectivity index (χ1) is 14.9. The van der Waals surface area contributed by atoms with Crippen molar-refractivity contribution in [2.75, 3.05) is 36.4 Å². The quantitative estimate of drug-likeness (QED) is 0.675. The van der Waals surface area contributed by atoms with E-state index >= 15 is 0 Å². The van der Waals surface area contributed by atoms with Crippen LogP contribution in [-0.4, -0.2) is 52.9 Å². The van der Waals surface area contributed by atoms with E-state index in [1.807, 2.05) is 24.1 Å². The van der Waals surface area contributed by atoms with Crippen LogP contribution in [0.3, 0.4) is 0 Å². The molecule has 0 radical (unpaired) electrons. The average Bonchev–Trinajstić information content (AvgIpc) is 3.12. The van der Waals surface area contributed by atoms with Crippen molar-refractivity contribution in [2.45, 2.75) is 20.8 Å². The van der Waals surface area contributed by atoms with Crippen LogP contribution in [0.2, 0.25) is 0 Å². The summed E-state index contributed by atoms with van der Waals surface area (Å²) in [4.78, 5) is 38.5. The number of hydrogen-bond acceptors (Lipinski definition) is 6. The molecule has 3 aromatic rings. The van der Waals surface area contributed by atoms with E-state index in [0.717, 1.165) is 35.2 Å². The van der Waals surface area contributed by atoms with Crippen molar-refractivity contribution in [2.24, 2.45) is 0 Å². The van der Waals surface area contributed by atoms with Gasteiger partial charge in [0.15, 0.2) is 0 Å². The molecule has 160 valence electrons. The summed E-state index contributed by atoms with van der Waals surface area (Å²) in [5, 5.41) is 3.71. The largest absolute Gasteiger partial charge is 0.353 e. The smallest absolute Gasteiger partial charge is 0.253 e. The molecule has 2 amide bonds. The molecule has 8 heteroatoms. The third kappa shape index (κ3) is 4.74. The van der Waals surface area contributed by atoms with Crippen molar-refractivity contribution in [3.8, 4) is 10.6 Å². The molecule has 1 N–H and O–H groups in total. The van der Waals surface area contributed by atoms with Crippen LogP contribution in [0, 0.1) is 13.8 Å². The molecule has 3 heterocycles. The molecule has 2 aromatic heterocycles. The molecule has 1 aromatic carbocycles. The number of aryl methyl sites for hydroxylation is 2. The van der Waals surface area contributed by atoms with E-state index in [1.54, 1.807) is 35.6 Å². The summed E-state index contributed by atoms with van der Waals surface area (Å²) < 4.78 is 0. The number of thiazole rings is 1. The first kappa shape index (κ1) is 21.0. The maximum atomic E-state index is 12.8. The number of aromatic nitrogens is 2. The van der Waals surface area contributed by atoms with Crippen LogP contribution >= 0.6 is 11.3 Å². The van der Waals surface area contributed by atoms with Gasteiger partial charge in [-0.2, -0.15) is 0 Å². The number of carbonyl (C=O) groups is 2. The number of benzene rings is 1. The molecule has 7 nitrogen and oxygen atoms in total. The first-order valence-electron chi connectivity index (χ1n) is 10.2.